The largest absolute Gasteiger partial charge is 0.480 e. The molecule has 2 heterocycles. The number of nitrogens with one attached hydrogen (secondary N) is 3. The third kappa shape index (κ3) is 7.24. The number of carboxylic acid groups (broad SMARTS) is 1. The first kappa shape index (κ1) is 30.9. The Hall–Kier alpha value is -4.03. The Bertz CT molecular complexity index is 1470. The summed E-state index contributed by atoms with van der Waals surface area (Å²) in [5.74, 6) is -0.796. The number of hydrogen-bond acceptors (Lipinski definition) is 8. The normalized spacial score (nSPS) is 15.9. The molecule has 0 radical (unpaired) electrons. The number of sulfonamides is 1. The summed E-state index contributed by atoms with van der Waals surface area (Å²) in [6.45, 7) is 6.83. The zero-order chi connectivity index (χ0) is 30.4. The summed E-state index contributed by atoms with van der Waals surface area (Å²) < 4.78 is 28.7. The van der Waals surface area contributed by atoms with Crippen LogP contribution in [0.1, 0.15) is 44.0 Å². The fourth-order valence-corrected chi connectivity index (χ4v) is 6.52. The van der Waals surface area contributed by atoms with E-state index in [1.807, 2.05) is 6.07 Å². The van der Waals surface area contributed by atoms with Crippen LogP contribution in [0.4, 0.5) is 11.6 Å². The number of nitrogens with zero attached hydrogens (tertiary/aromatic N) is 3. The third-order valence-corrected chi connectivity index (χ3v) is 9.23. The molecule has 1 aliphatic rings. The van der Waals surface area contributed by atoms with Gasteiger partial charge in [0.2, 0.25) is 16.0 Å². The number of hydrogen-bond donors (Lipinski definition) is 4. The van der Waals surface area contributed by atoms with Crippen molar-refractivity contribution in [2.24, 2.45) is 11.3 Å². The summed E-state index contributed by atoms with van der Waals surface area (Å²) in [5, 5.41) is 16.3. The molecule has 0 saturated carbocycles. The van der Waals surface area contributed by atoms with Crippen LogP contribution in [-0.4, -0.2) is 67.1 Å². The van der Waals surface area contributed by atoms with Gasteiger partial charge in [0.05, 0.1) is 4.90 Å². The molecule has 1 fully saturated rings. The molecule has 1 aromatic heterocycles. The topological polar surface area (TPSA) is 154 Å². The van der Waals surface area contributed by atoms with Crippen molar-refractivity contribution in [3.05, 3.63) is 78.6 Å². The highest BCUT2D eigenvalue weighted by molar-refractivity contribution is 7.89. The minimum Gasteiger partial charge on any atom is -0.480 e. The molecule has 12 heteroatoms. The zero-order valence-electron chi connectivity index (χ0n) is 24.1. The van der Waals surface area contributed by atoms with Gasteiger partial charge in [0, 0.05) is 49.8 Å². The number of amides is 1. The minimum absolute atomic E-state index is 0.0631. The lowest BCUT2D eigenvalue weighted by Crippen LogP contribution is -2.67. The molecule has 11 nitrogen and oxygen atoms in total. The van der Waals surface area contributed by atoms with Crippen LogP contribution in [0, 0.1) is 11.3 Å². The average Bonchev–Trinajstić information content (AvgIpc) is 2.98. The van der Waals surface area contributed by atoms with Gasteiger partial charge in [-0.2, -0.15) is 4.72 Å². The molecule has 4 N–H and O–H groups in total. The number of piperidine rings is 1. The van der Waals surface area contributed by atoms with E-state index >= 15 is 0 Å². The molecule has 0 aliphatic carbocycles. The number of anilines is 2. The second-order valence-electron chi connectivity index (χ2n) is 11.5. The van der Waals surface area contributed by atoms with Gasteiger partial charge in [-0.1, -0.05) is 45.0 Å². The molecule has 2 aromatic carbocycles. The highest BCUT2D eigenvalue weighted by Crippen LogP contribution is 2.32. The quantitative estimate of drug-likeness (QED) is 0.262. The monoisotopic (exact) mass is 594 g/mol. The highest BCUT2D eigenvalue weighted by atomic mass is 32.2. The van der Waals surface area contributed by atoms with Gasteiger partial charge in [0.15, 0.2) is 5.54 Å². The van der Waals surface area contributed by atoms with Gasteiger partial charge in [0.1, 0.15) is 0 Å². The smallest absolute Gasteiger partial charge is 0.327 e. The number of aromatic nitrogens is 2. The van der Waals surface area contributed by atoms with Crippen molar-refractivity contribution in [1.29, 1.82) is 0 Å². The number of carbonyl (C=O) groups is 2. The maximum atomic E-state index is 13.3. The molecule has 4 rings (SSSR count). The lowest BCUT2D eigenvalue weighted by atomic mass is 9.74. The summed E-state index contributed by atoms with van der Waals surface area (Å²) in [6.07, 6.45) is 5.33. The molecule has 0 spiro atoms. The molecule has 1 aliphatic heterocycles. The number of rotatable bonds is 11. The summed E-state index contributed by atoms with van der Waals surface area (Å²) in [7, 11) is -4.20. The maximum absolute atomic E-state index is 13.3. The molecule has 1 amide bonds. The SMILES string of the molecule is CC(C)(C)[C@](CNC(=O)c1cccc(N2CCC(CNc3ncccn3)CC2)c1)(NS(=O)(=O)c1ccccc1)C(=O)O. The van der Waals surface area contributed by atoms with Crippen molar-refractivity contribution >= 4 is 33.5 Å². The van der Waals surface area contributed by atoms with Crippen molar-refractivity contribution in [3.63, 3.8) is 0 Å². The Morgan fingerprint density at radius 2 is 1.64 bits per heavy atom. The molecule has 1 atom stereocenters. The molecule has 0 bridgehead atoms. The number of aliphatic carboxylic acids is 1. The second kappa shape index (κ2) is 12.9. The van der Waals surface area contributed by atoms with Crippen molar-refractivity contribution in [2.45, 2.75) is 44.0 Å². The maximum Gasteiger partial charge on any atom is 0.327 e. The van der Waals surface area contributed by atoms with Crippen molar-refractivity contribution in [2.75, 3.05) is 36.4 Å². The standard InChI is InChI=1S/C30H38N6O5S/c1-29(2,3)30(27(38)39,35-42(40,41)25-11-5-4-6-12-25)21-34-26(37)23-9-7-10-24(19-23)36-17-13-22(14-18-36)20-33-28-31-15-8-16-32-28/h4-12,15-16,19,22,35H,13-14,17-18,20-21H2,1-3H3,(H,34,37)(H,38,39)(H,31,32,33)/t30-/m1/s1. The predicted molar refractivity (Wildman–Crippen MR) is 161 cm³/mol. The van der Waals surface area contributed by atoms with Crippen LogP contribution < -0.4 is 20.3 Å². The van der Waals surface area contributed by atoms with Crippen LogP contribution in [0.25, 0.3) is 0 Å². The van der Waals surface area contributed by atoms with Crippen molar-refractivity contribution < 1.29 is 23.1 Å². The van der Waals surface area contributed by atoms with Crippen LogP contribution in [0.5, 0.6) is 0 Å². The highest BCUT2D eigenvalue weighted by Gasteiger charge is 2.52. The molecule has 1 saturated heterocycles. The van der Waals surface area contributed by atoms with Crippen LogP contribution in [-0.2, 0) is 14.8 Å². The van der Waals surface area contributed by atoms with E-state index in [-0.39, 0.29) is 4.90 Å². The van der Waals surface area contributed by atoms with E-state index in [1.165, 1.54) is 12.1 Å². The fraction of sp³-hybridized carbons (Fsp3) is 0.400. The average molecular weight is 595 g/mol. The molecule has 3 aromatic rings. The number of carbonyl (C=O) groups excluding carboxylic acids is 1. The second-order valence-corrected chi connectivity index (χ2v) is 13.2. The number of carboxylic acids is 1. The van der Waals surface area contributed by atoms with E-state index in [4.69, 9.17) is 0 Å². The fourth-order valence-electron chi connectivity index (χ4n) is 4.96. The predicted octanol–water partition coefficient (Wildman–Crippen LogP) is 3.38. The van der Waals surface area contributed by atoms with E-state index < -0.39 is 39.4 Å². The van der Waals surface area contributed by atoms with Crippen LogP contribution >= 0.6 is 0 Å². The van der Waals surface area contributed by atoms with Gasteiger partial charge in [-0.25, -0.2) is 18.4 Å². The van der Waals surface area contributed by atoms with Crippen LogP contribution in [0.15, 0.2) is 78.0 Å². The van der Waals surface area contributed by atoms with Gasteiger partial charge in [-0.3, -0.25) is 9.59 Å². The first-order valence-electron chi connectivity index (χ1n) is 13.9. The zero-order valence-corrected chi connectivity index (χ0v) is 24.9. The Balaban J connectivity index is 1.42. The lowest BCUT2D eigenvalue weighted by molar-refractivity contribution is -0.148. The van der Waals surface area contributed by atoms with Gasteiger partial charge in [0.25, 0.3) is 5.91 Å². The Morgan fingerprint density at radius 1 is 0.976 bits per heavy atom. The van der Waals surface area contributed by atoms with Gasteiger partial charge in [-0.15, -0.1) is 0 Å². The summed E-state index contributed by atoms with van der Waals surface area (Å²) in [6, 6.07) is 16.5. The summed E-state index contributed by atoms with van der Waals surface area (Å²) in [4.78, 5) is 36.5. The molecular weight excluding hydrogens is 556 g/mol. The van der Waals surface area contributed by atoms with Crippen LogP contribution in [0.2, 0.25) is 0 Å². The minimum atomic E-state index is -4.20. The van der Waals surface area contributed by atoms with Gasteiger partial charge in [-0.05, 0) is 60.6 Å². The first-order chi connectivity index (χ1) is 19.9. The summed E-state index contributed by atoms with van der Waals surface area (Å²) >= 11 is 0. The number of benzene rings is 2. The summed E-state index contributed by atoms with van der Waals surface area (Å²) in [5.41, 5.74) is -1.86. The Kier molecular flexibility index (Phi) is 9.47. The molecule has 0 unspecified atom stereocenters. The van der Waals surface area contributed by atoms with E-state index in [9.17, 15) is 23.1 Å². The third-order valence-electron chi connectivity index (χ3n) is 7.72. The lowest BCUT2D eigenvalue weighted by Gasteiger charge is -2.41. The van der Waals surface area contributed by atoms with Gasteiger partial charge < -0.3 is 20.6 Å². The molecule has 224 valence electrons. The van der Waals surface area contributed by atoms with E-state index in [0.29, 0.717) is 17.4 Å². The van der Waals surface area contributed by atoms with Gasteiger partial charge >= 0.3 is 5.97 Å². The van der Waals surface area contributed by atoms with Crippen LogP contribution in [0.3, 0.4) is 0 Å². The van der Waals surface area contributed by atoms with Crippen molar-refractivity contribution in [3.8, 4) is 0 Å². The Morgan fingerprint density at radius 3 is 2.26 bits per heavy atom. The van der Waals surface area contributed by atoms with E-state index in [1.54, 1.807) is 75.6 Å². The van der Waals surface area contributed by atoms with Crippen molar-refractivity contribution in [1.82, 2.24) is 20.0 Å². The van der Waals surface area contributed by atoms with E-state index in [2.05, 4.69) is 30.2 Å². The molecule has 42 heavy (non-hydrogen) atoms. The first-order valence-corrected chi connectivity index (χ1v) is 15.4. The van der Waals surface area contributed by atoms with E-state index in [0.717, 1.165) is 38.2 Å². The Labute approximate surface area is 246 Å². The molecular formula is C30H38N6O5S.